The van der Waals surface area contributed by atoms with Gasteiger partial charge in [0, 0.05) is 11.7 Å². The molecule has 1 aliphatic rings. The molecule has 2 amide bonds. The van der Waals surface area contributed by atoms with Gasteiger partial charge in [-0.1, -0.05) is 32.0 Å². The summed E-state index contributed by atoms with van der Waals surface area (Å²) in [4.78, 5) is 25.4. The highest BCUT2D eigenvalue weighted by Crippen LogP contribution is 2.26. The van der Waals surface area contributed by atoms with Crippen molar-refractivity contribution in [2.45, 2.75) is 58.0 Å². The highest BCUT2D eigenvalue weighted by Gasteiger charge is 2.28. The van der Waals surface area contributed by atoms with Gasteiger partial charge in [0.25, 0.3) is 11.8 Å². The maximum Gasteiger partial charge on any atom is 0.282 e. The minimum absolute atomic E-state index is 0.0228. The Morgan fingerprint density at radius 2 is 1.92 bits per heavy atom. The smallest absolute Gasteiger partial charge is 0.282 e. The molecule has 1 saturated carbocycles. The van der Waals surface area contributed by atoms with Crippen LogP contribution in [0.15, 0.2) is 24.3 Å². The van der Waals surface area contributed by atoms with Gasteiger partial charge in [-0.3, -0.25) is 9.59 Å². The Balaban J connectivity index is 1.94. The number of quaternary nitrogens is 1. The van der Waals surface area contributed by atoms with E-state index in [1.807, 2.05) is 32.2 Å². The number of anilines is 1. The molecule has 0 aliphatic heterocycles. The highest BCUT2D eigenvalue weighted by molar-refractivity contribution is 5.94. The Morgan fingerprint density at radius 3 is 2.54 bits per heavy atom. The Labute approximate surface area is 144 Å². The second-order valence-electron chi connectivity index (χ2n) is 6.97. The third-order valence-electron chi connectivity index (χ3n) is 4.88. The number of rotatable bonds is 8. The molecule has 0 radical (unpaired) electrons. The van der Waals surface area contributed by atoms with E-state index in [0.29, 0.717) is 18.5 Å². The quantitative estimate of drug-likeness (QED) is 0.672. The molecule has 1 aromatic rings. The fourth-order valence-electron chi connectivity index (χ4n) is 2.64. The van der Waals surface area contributed by atoms with Crippen LogP contribution in [0, 0.1) is 0 Å². The van der Waals surface area contributed by atoms with Crippen LogP contribution in [0.3, 0.4) is 0 Å². The van der Waals surface area contributed by atoms with Crippen LogP contribution in [0.2, 0.25) is 0 Å². The molecule has 132 valence electrons. The molecule has 5 heteroatoms. The van der Waals surface area contributed by atoms with Crippen LogP contribution >= 0.6 is 0 Å². The Kier molecular flexibility index (Phi) is 6.37. The molecule has 24 heavy (non-hydrogen) atoms. The molecule has 0 aromatic heterocycles. The minimum Gasteiger partial charge on any atom is -0.348 e. The first-order valence-electron chi connectivity index (χ1n) is 8.93. The van der Waals surface area contributed by atoms with Gasteiger partial charge in [0.2, 0.25) is 0 Å². The van der Waals surface area contributed by atoms with Gasteiger partial charge in [-0.2, -0.15) is 0 Å². The first kappa shape index (κ1) is 18.5. The van der Waals surface area contributed by atoms with Gasteiger partial charge in [0.15, 0.2) is 12.6 Å². The summed E-state index contributed by atoms with van der Waals surface area (Å²) in [5.41, 5.74) is 2.03. The van der Waals surface area contributed by atoms with Crippen LogP contribution in [-0.2, 0) is 9.59 Å². The predicted molar refractivity (Wildman–Crippen MR) is 96.2 cm³/mol. The molecule has 2 rings (SSSR count). The van der Waals surface area contributed by atoms with Crippen LogP contribution in [0.25, 0.3) is 0 Å². The lowest BCUT2D eigenvalue weighted by molar-refractivity contribution is -0.885. The van der Waals surface area contributed by atoms with Crippen LogP contribution in [0.4, 0.5) is 5.69 Å². The summed E-state index contributed by atoms with van der Waals surface area (Å²) in [6, 6.07) is 8.01. The van der Waals surface area contributed by atoms with Gasteiger partial charge < -0.3 is 15.5 Å². The van der Waals surface area contributed by atoms with Crippen molar-refractivity contribution < 1.29 is 14.5 Å². The first-order chi connectivity index (χ1) is 11.4. The van der Waals surface area contributed by atoms with Crippen molar-refractivity contribution in [3.05, 3.63) is 29.8 Å². The second kappa shape index (κ2) is 8.29. The zero-order valence-electron chi connectivity index (χ0n) is 15.2. The number of nitrogens with one attached hydrogen (secondary N) is 3. The molecule has 3 N–H and O–H groups in total. The monoisotopic (exact) mass is 332 g/mol. The average molecular weight is 332 g/mol. The van der Waals surface area contributed by atoms with Crippen molar-refractivity contribution in [2.75, 3.05) is 18.9 Å². The molecule has 0 saturated heterocycles. The van der Waals surface area contributed by atoms with Crippen LogP contribution in [0.5, 0.6) is 0 Å². The van der Waals surface area contributed by atoms with Crippen molar-refractivity contribution in [3.8, 4) is 0 Å². The third kappa shape index (κ3) is 5.06. The first-order valence-corrected chi connectivity index (χ1v) is 8.93. The van der Waals surface area contributed by atoms with Gasteiger partial charge in [-0.15, -0.1) is 0 Å². The minimum atomic E-state index is -0.292. The van der Waals surface area contributed by atoms with Gasteiger partial charge in [0.1, 0.15) is 0 Å². The molecule has 0 bridgehead atoms. The SMILES string of the molecule is CC[C@H](C)c1ccccc1NC(=O)[C@@H](C)[NH+](C)CC(=O)NC1CC1. The lowest BCUT2D eigenvalue weighted by Gasteiger charge is -2.22. The van der Waals surface area contributed by atoms with E-state index < -0.39 is 0 Å². The lowest BCUT2D eigenvalue weighted by atomic mass is 9.97. The van der Waals surface area contributed by atoms with E-state index >= 15 is 0 Å². The van der Waals surface area contributed by atoms with Crippen molar-refractivity contribution >= 4 is 17.5 Å². The summed E-state index contributed by atoms with van der Waals surface area (Å²) in [5.74, 6) is 0.364. The van der Waals surface area contributed by atoms with Crippen molar-refractivity contribution in [1.82, 2.24) is 5.32 Å². The Morgan fingerprint density at radius 1 is 1.25 bits per heavy atom. The van der Waals surface area contributed by atoms with Crippen molar-refractivity contribution in [1.29, 1.82) is 0 Å². The van der Waals surface area contributed by atoms with Crippen molar-refractivity contribution in [2.24, 2.45) is 0 Å². The summed E-state index contributed by atoms with van der Waals surface area (Å²) in [7, 11) is 1.89. The summed E-state index contributed by atoms with van der Waals surface area (Å²) in [5, 5.41) is 6.01. The van der Waals surface area contributed by atoms with Gasteiger partial charge >= 0.3 is 0 Å². The maximum atomic E-state index is 12.6. The number of likely N-dealkylation sites (N-methyl/N-ethyl adjacent to an activating group) is 1. The molecule has 1 aromatic carbocycles. The highest BCUT2D eigenvalue weighted by atomic mass is 16.2. The Bertz CT molecular complexity index is 584. The van der Waals surface area contributed by atoms with Gasteiger partial charge in [0.05, 0.1) is 7.05 Å². The molecule has 5 nitrogen and oxygen atoms in total. The van der Waals surface area contributed by atoms with E-state index in [1.165, 1.54) is 0 Å². The zero-order chi connectivity index (χ0) is 17.7. The fraction of sp³-hybridized carbons (Fsp3) is 0.579. The zero-order valence-corrected chi connectivity index (χ0v) is 15.2. The van der Waals surface area contributed by atoms with E-state index in [-0.39, 0.29) is 17.9 Å². The molecule has 0 spiro atoms. The second-order valence-corrected chi connectivity index (χ2v) is 6.97. The number of para-hydroxylation sites is 1. The molecular weight excluding hydrogens is 302 g/mol. The molecular formula is C19H30N3O2+. The number of benzene rings is 1. The van der Waals surface area contributed by atoms with E-state index in [0.717, 1.165) is 35.4 Å². The van der Waals surface area contributed by atoms with E-state index in [9.17, 15) is 9.59 Å². The van der Waals surface area contributed by atoms with Crippen LogP contribution in [0.1, 0.15) is 51.5 Å². The molecule has 1 aliphatic carbocycles. The van der Waals surface area contributed by atoms with E-state index in [4.69, 9.17) is 0 Å². The lowest BCUT2D eigenvalue weighted by Crippen LogP contribution is -3.15. The number of amides is 2. The molecule has 3 atom stereocenters. The summed E-state index contributed by atoms with van der Waals surface area (Å²) >= 11 is 0. The third-order valence-corrected chi connectivity index (χ3v) is 4.88. The van der Waals surface area contributed by atoms with E-state index in [2.05, 4.69) is 30.5 Å². The molecule has 0 heterocycles. The number of hydrogen-bond acceptors (Lipinski definition) is 2. The standard InChI is InChI=1S/C19H29N3O2/c1-5-13(2)16-8-6-7-9-17(16)21-19(24)14(3)22(4)12-18(23)20-15-10-11-15/h6-9,13-15H,5,10-12H2,1-4H3,(H,20,23)(H,21,24)/p+1/t13-,14+/m0/s1. The molecule has 1 fully saturated rings. The Hall–Kier alpha value is -1.88. The van der Waals surface area contributed by atoms with Crippen LogP contribution < -0.4 is 15.5 Å². The maximum absolute atomic E-state index is 12.6. The summed E-state index contributed by atoms with van der Waals surface area (Å²) in [6.07, 6.45) is 3.18. The number of hydrogen-bond donors (Lipinski definition) is 3. The van der Waals surface area contributed by atoms with Crippen LogP contribution in [-0.4, -0.2) is 37.5 Å². The number of carbonyl (C=O) groups is 2. The summed E-state index contributed by atoms with van der Waals surface area (Å²) < 4.78 is 0. The normalized spacial score (nSPS) is 17.7. The fourth-order valence-corrected chi connectivity index (χ4v) is 2.64. The van der Waals surface area contributed by atoms with Gasteiger partial charge in [-0.25, -0.2) is 0 Å². The topological polar surface area (TPSA) is 62.6 Å². The number of carbonyl (C=O) groups excluding carboxylic acids is 2. The van der Waals surface area contributed by atoms with Gasteiger partial charge in [-0.05, 0) is 43.7 Å². The predicted octanol–water partition coefficient (Wildman–Crippen LogP) is 1.32. The van der Waals surface area contributed by atoms with Crippen molar-refractivity contribution in [3.63, 3.8) is 0 Å². The molecule has 1 unspecified atom stereocenters. The average Bonchev–Trinajstić information content (AvgIpc) is 3.37. The summed E-state index contributed by atoms with van der Waals surface area (Å²) in [6.45, 7) is 6.48. The van der Waals surface area contributed by atoms with E-state index in [1.54, 1.807) is 0 Å². The largest absolute Gasteiger partial charge is 0.348 e.